The first-order valence-corrected chi connectivity index (χ1v) is 4.93. The van der Waals surface area contributed by atoms with Gasteiger partial charge in [-0.2, -0.15) is 0 Å². The van der Waals surface area contributed by atoms with E-state index in [9.17, 15) is 4.79 Å². The number of benzene rings is 1. The molecule has 0 saturated carbocycles. The molecule has 0 aliphatic carbocycles. The van der Waals surface area contributed by atoms with Gasteiger partial charge in [0.05, 0.1) is 0 Å². The minimum Gasteiger partial charge on any atom is -0.488 e. The SMILES string of the molecule is O=C(Cl)C=CC1=Cc2ccccc2OC1. The van der Waals surface area contributed by atoms with Crippen molar-refractivity contribution in [3.05, 3.63) is 47.6 Å². The summed E-state index contributed by atoms with van der Waals surface area (Å²) in [7, 11) is 0. The molecule has 2 rings (SSSR count). The number of carbonyl (C=O) groups is 1. The Bertz CT molecular complexity index is 447. The first-order chi connectivity index (χ1) is 7.25. The van der Waals surface area contributed by atoms with Crippen LogP contribution in [0.5, 0.6) is 5.75 Å². The van der Waals surface area contributed by atoms with Crippen LogP contribution in [-0.2, 0) is 4.79 Å². The fourth-order valence-corrected chi connectivity index (χ4v) is 1.47. The van der Waals surface area contributed by atoms with E-state index in [1.54, 1.807) is 6.08 Å². The maximum absolute atomic E-state index is 10.5. The van der Waals surface area contributed by atoms with E-state index >= 15 is 0 Å². The van der Waals surface area contributed by atoms with Crippen molar-refractivity contribution in [3.63, 3.8) is 0 Å². The molecule has 1 aliphatic rings. The van der Waals surface area contributed by atoms with Crippen molar-refractivity contribution in [1.82, 2.24) is 0 Å². The predicted molar refractivity (Wildman–Crippen MR) is 59.9 cm³/mol. The zero-order valence-corrected chi connectivity index (χ0v) is 8.70. The molecule has 1 aromatic rings. The summed E-state index contributed by atoms with van der Waals surface area (Å²) in [6.45, 7) is 0.470. The summed E-state index contributed by atoms with van der Waals surface area (Å²) in [4.78, 5) is 10.5. The van der Waals surface area contributed by atoms with Gasteiger partial charge in [-0.1, -0.05) is 24.3 Å². The zero-order chi connectivity index (χ0) is 10.7. The van der Waals surface area contributed by atoms with Crippen molar-refractivity contribution in [2.24, 2.45) is 0 Å². The van der Waals surface area contributed by atoms with Crippen molar-refractivity contribution >= 4 is 22.9 Å². The second-order valence-electron chi connectivity index (χ2n) is 3.18. The van der Waals surface area contributed by atoms with Crippen LogP contribution in [0, 0.1) is 0 Å². The molecular weight excluding hydrogens is 212 g/mol. The average molecular weight is 221 g/mol. The first-order valence-electron chi connectivity index (χ1n) is 4.55. The van der Waals surface area contributed by atoms with Gasteiger partial charge < -0.3 is 4.74 Å². The van der Waals surface area contributed by atoms with E-state index in [-0.39, 0.29) is 0 Å². The van der Waals surface area contributed by atoms with Gasteiger partial charge in [-0.05, 0) is 35.4 Å². The quantitative estimate of drug-likeness (QED) is 0.566. The molecule has 1 aliphatic heterocycles. The Labute approximate surface area is 92.8 Å². The lowest BCUT2D eigenvalue weighted by Crippen LogP contribution is -2.05. The highest BCUT2D eigenvalue weighted by atomic mass is 35.5. The number of halogens is 1. The molecule has 0 amide bonds. The molecule has 1 aromatic carbocycles. The fourth-order valence-electron chi connectivity index (χ4n) is 1.40. The highest BCUT2D eigenvalue weighted by Gasteiger charge is 2.08. The van der Waals surface area contributed by atoms with Gasteiger partial charge in [0, 0.05) is 5.56 Å². The van der Waals surface area contributed by atoms with E-state index in [1.807, 2.05) is 30.3 Å². The molecule has 0 bridgehead atoms. The molecule has 15 heavy (non-hydrogen) atoms. The lowest BCUT2D eigenvalue weighted by molar-refractivity contribution is -0.107. The number of fused-ring (bicyclic) bond motifs is 1. The first kappa shape index (κ1) is 9.99. The number of carbonyl (C=O) groups excluding carboxylic acids is 1. The van der Waals surface area contributed by atoms with Gasteiger partial charge in [0.2, 0.25) is 5.24 Å². The summed E-state index contributed by atoms with van der Waals surface area (Å²) in [6, 6.07) is 7.75. The summed E-state index contributed by atoms with van der Waals surface area (Å²) >= 11 is 5.20. The highest BCUT2D eigenvalue weighted by Crippen LogP contribution is 2.25. The van der Waals surface area contributed by atoms with E-state index in [0.29, 0.717) is 6.61 Å². The van der Waals surface area contributed by atoms with Gasteiger partial charge in [0.15, 0.2) is 0 Å². The number of rotatable bonds is 2. The van der Waals surface area contributed by atoms with Gasteiger partial charge in [-0.3, -0.25) is 4.79 Å². The normalized spacial score (nSPS) is 14.3. The zero-order valence-electron chi connectivity index (χ0n) is 7.94. The lowest BCUT2D eigenvalue weighted by atomic mass is 10.1. The van der Waals surface area contributed by atoms with Crippen molar-refractivity contribution in [1.29, 1.82) is 0 Å². The van der Waals surface area contributed by atoms with Crippen LogP contribution in [0.3, 0.4) is 0 Å². The number of ether oxygens (including phenoxy) is 1. The number of allylic oxidation sites excluding steroid dienone is 1. The Balaban J connectivity index is 2.25. The van der Waals surface area contributed by atoms with Crippen LogP contribution in [0.15, 0.2) is 42.0 Å². The van der Waals surface area contributed by atoms with Crippen molar-refractivity contribution in [2.45, 2.75) is 0 Å². The van der Waals surface area contributed by atoms with Crippen LogP contribution in [0.1, 0.15) is 5.56 Å². The Morgan fingerprint density at radius 2 is 2.20 bits per heavy atom. The van der Waals surface area contributed by atoms with Crippen LogP contribution >= 0.6 is 11.6 Å². The van der Waals surface area contributed by atoms with Gasteiger partial charge >= 0.3 is 0 Å². The Morgan fingerprint density at radius 3 is 3.00 bits per heavy atom. The minimum absolute atomic E-state index is 0.470. The monoisotopic (exact) mass is 220 g/mol. The summed E-state index contributed by atoms with van der Waals surface area (Å²) in [6.07, 6.45) is 4.98. The minimum atomic E-state index is -0.477. The van der Waals surface area contributed by atoms with E-state index < -0.39 is 5.24 Å². The molecule has 1 heterocycles. The third kappa shape index (κ3) is 2.48. The average Bonchev–Trinajstić information content (AvgIpc) is 2.26. The van der Waals surface area contributed by atoms with E-state index in [0.717, 1.165) is 16.9 Å². The second-order valence-corrected chi connectivity index (χ2v) is 3.56. The molecule has 0 radical (unpaired) electrons. The molecule has 0 aromatic heterocycles. The van der Waals surface area contributed by atoms with Crippen LogP contribution in [0.25, 0.3) is 6.08 Å². The van der Waals surface area contributed by atoms with Gasteiger partial charge in [0.1, 0.15) is 12.4 Å². The number of hydrogen-bond acceptors (Lipinski definition) is 2. The Morgan fingerprint density at radius 1 is 1.40 bits per heavy atom. The molecule has 0 spiro atoms. The summed E-state index contributed by atoms with van der Waals surface area (Å²) < 4.78 is 5.49. The second kappa shape index (κ2) is 4.32. The van der Waals surface area contributed by atoms with Crippen LogP contribution in [-0.4, -0.2) is 11.8 Å². The molecule has 76 valence electrons. The Hall–Kier alpha value is -1.54. The fraction of sp³-hybridized carbons (Fsp3) is 0.0833. The van der Waals surface area contributed by atoms with Crippen molar-refractivity contribution < 1.29 is 9.53 Å². The molecule has 3 heteroatoms. The predicted octanol–water partition coefficient (Wildman–Crippen LogP) is 2.78. The van der Waals surface area contributed by atoms with Gasteiger partial charge in [0.25, 0.3) is 0 Å². The Kier molecular flexibility index (Phi) is 2.88. The van der Waals surface area contributed by atoms with E-state index in [4.69, 9.17) is 16.3 Å². The maximum atomic E-state index is 10.5. The largest absolute Gasteiger partial charge is 0.488 e. The molecule has 0 atom stereocenters. The third-order valence-corrected chi connectivity index (χ3v) is 2.21. The van der Waals surface area contributed by atoms with Crippen LogP contribution in [0.4, 0.5) is 0 Å². The lowest BCUT2D eigenvalue weighted by Gasteiger charge is -2.15. The molecule has 2 nitrogen and oxygen atoms in total. The van der Waals surface area contributed by atoms with Gasteiger partial charge in [-0.25, -0.2) is 0 Å². The summed E-state index contributed by atoms with van der Waals surface area (Å²) in [5.41, 5.74) is 1.95. The number of para-hydroxylation sites is 1. The summed E-state index contributed by atoms with van der Waals surface area (Å²) in [5, 5.41) is -0.477. The van der Waals surface area contributed by atoms with Crippen LogP contribution < -0.4 is 4.74 Å². The third-order valence-electron chi connectivity index (χ3n) is 2.08. The van der Waals surface area contributed by atoms with E-state index in [1.165, 1.54) is 6.08 Å². The van der Waals surface area contributed by atoms with Gasteiger partial charge in [-0.15, -0.1) is 0 Å². The molecule has 0 N–H and O–H groups in total. The van der Waals surface area contributed by atoms with Crippen LogP contribution in [0.2, 0.25) is 0 Å². The molecule has 0 unspecified atom stereocenters. The van der Waals surface area contributed by atoms with Crippen molar-refractivity contribution in [3.8, 4) is 5.75 Å². The molecule has 0 fully saturated rings. The smallest absolute Gasteiger partial charge is 0.245 e. The standard InChI is InChI=1S/C12H9ClO2/c13-12(14)6-5-9-7-10-3-1-2-4-11(10)15-8-9/h1-7H,8H2. The molecular formula is C12H9ClO2. The van der Waals surface area contributed by atoms with E-state index in [2.05, 4.69) is 0 Å². The highest BCUT2D eigenvalue weighted by molar-refractivity contribution is 6.66. The topological polar surface area (TPSA) is 26.3 Å². The summed E-state index contributed by atoms with van der Waals surface area (Å²) in [5.74, 6) is 0.867. The van der Waals surface area contributed by atoms with Crippen molar-refractivity contribution in [2.75, 3.05) is 6.61 Å². The number of hydrogen-bond donors (Lipinski definition) is 0. The molecule has 0 saturated heterocycles. The maximum Gasteiger partial charge on any atom is 0.245 e.